The lowest BCUT2D eigenvalue weighted by molar-refractivity contribution is 0.262. The van der Waals surface area contributed by atoms with Crippen LogP contribution in [-0.2, 0) is 0 Å². The molecule has 4 rings (SSSR count). The molecule has 1 unspecified atom stereocenters. The minimum absolute atomic E-state index is 0.296. The van der Waals surface area contributed by atoms with Crippen molar-refractivity contribution >= 4 is 23.1 Å². The lowest BCUT2D eigenvalue weighted by Crippen LogP contribution is -2.31. The smallest absolute Gasteiger partial charge is 0.323 e. The van der Waals surface area contributed by atoms with Gasteiger partial charge in [0.2, 0.25) is 0 Å². The number of para-hydroxylation sites is 2. The van der Waals surface area contributed by atoms with Crippen LogP contribution in [0.2, 0.25) is 0 Å². The molecular weight excluding hydrogens is 416 g/mol. The van der Waals surface area contributed by atoms with Crippen molar-refractivity contribution in [2.45, 2.75) is 12.5 Å². The van der Waals surface area contributed by atoms with Crippen LogP contribution in [0.1, 0.15) is 6.42 Å². The van der Waals surface area contributed by atoms with E-state index < -0.39 is 0 Å². The molecule has 0 spiro atoms. The molecule has 1 atom stereocenters. The van der Waals surface area contributed by atoms with Crippen LogP contribution in [0.3, 0.4) is 0 Å². The summed E-state index contributed by atoms with van der Waals surface area (Å²) in [5.41, 5.74) is 2.59. The highest BCUT2D eigenvalue weighted by Gasteiger charge is 2.23. The van der Waals surface area contributed by atoms with Crippen LogP contribution < -0.4 is 25.0 Å². The molecule has 0 bridgehead atoms. The summed E-state index contributed by atoms with van der Waals surface area (Å²) in [6.45, 7) is 2.07. The van der Waals surface area contributed by atoms with E-state index in [4.69, 9.17) is 9.47 Å². The van der Waals surface area contributed by atoms with E-state index in [1.807, 2.05) is 36.4 Å². The lowest BCUT2D eigenvalue weighted by Gasteiger charge is -2.22. The maximum atomic E-state index is 12.4. The molecule has 1 fully saturated rings. The molecule has 0 aliphatic carbocycles. The standard InChI is InChI=1S/C26H30N4O3/c1-29(2)22-16-17-30(18-22)21-12-8-19(9-13-21)27-26(31)28-20-10-14-23(15-11-20)33-25-7-5-4-6-24(25)32-3/h4-15,22H,16-18H2,1-3H3,(H2,27,28,31). The first-order valence-corrected chi connectivity index (χ1v) is 11.0. The van der Waals surface area contributed by atoms with Gasteiger partial charge in [0, 0.05) is 36.2 Å². The van der Waals surface area contributed by atoms with E-state index in [1.165, 1.54) is 5.69 Å². The third-order valence-corrected chi connectivity index (χ3v) is 5.79. The summed E-state index contributed by atoms with van der Waals surface area (Å²) < 4.78 is 11.2. The van der Waals surface area contributed by atoms with Crippen LogP contribution >= 0.6 is 0 Å². The zero-order chi connectivity index (χ0) is 23.2. The van der Waals surface area contributed by atoms with Crippen molar-refractivity contribution < 1.29 is 14.3 Å². The number of benzene rings is 3. The highest BCUT2D eigenvalue weighted by atomic mass is 16.5. The Morgan fingerprint density at radius 1 is 0.909 bits per heavy atom. The van der Waals surface area contributed by atoms with Gasteiger partial charge in [-0.1, -0.05) is 12.1 Å². The predicted molar refractivity (Wildman–Crippen MR) is 133 cm³/mol. The molecule has 0 aromatic heterocycles. The van der Waals surface area contributed by atoms with Crippen LogP contribution in [0.25, 0.3) is 0 Å². The second-order valence-electron chi connectivity index (χ2n) is 8.26. The molecule has 33 heavy (non-hydrogen) atoms. The molecule has 2 N–H and O–H groups in total. The molecule has 2 amide bonds. The van der Waals surface area contributed by atoms with Crippen LogP contribution in [-0.4, -0.2) is 51.3 Å². The Bertz CT molecular complexity index is 1070. The maximum absolute atomic E-state index is 12.4. The van der Waals surface area contributed by atoms with Crippen molar-refractivity contribution in [3.63, 3.8) is 0 Å². The molecule has 0 saturated carbocycles. The number of anilines is 3. The van der Waals surface area contributed by atoms with Gasteiger partial charge in [-0.05, 0) is 81.2 Å². The second-order valence-corrected chi connectivity index (χ2v) is 8.26. The van der Waals surface area contributed by atoms with E-state index >= 15 is 0 Å². The number of hydrogen-bond donors (Lipinski definition) is 2. The fourth-order valence-corrected chi connectivity index (χ4v) is 3.88. The number of nitrogens with one attached hydrogen (secondary N) is 2. The van der Waals surface area contributed by atoms with E-state index in [9.17, 15) is 4.79 Å². The molecule has 1 aliphatic rings. The topological polar surface area (TPSA) is 66.1 Å². The number of urea groups is 1. The van der Waals surface area contributed by atoms with Gasteiger partial charge < -0.3 is 29.9 Å². The van der Waals surface area contributed by atoms with Crippen LogP contribution in [0.4, 0.5) is 21.9 Å². The summed E-state index contributed by atoms with van der Waals surface area (Å²) in [5.74, 6) is 1.94. The summed E-state index contributed by atoms with van der Waals surface area (Å²) >= 11 is 0. The first-order chi connectivity index (χ1) is 16.0. The number of likely N-dealkylation sites (N-methyl/N-ethyl adjacent to an activating group) is 1. The molecule has 1 heterocycles. The number of amides is 2. The predicted octanol–water partition coefficient (Wildman–Crippen LogP) is 5.27. The fraction of sp³-hybridized carbons (Fsp3) is 0.269. The quantitative estimate of drug-likeness (QED) is 0.517. The van der Waals surface area contributed by atoms with Crippen LogP contribution in [0, 0.1) is 0 Å². The molecule has 3 aromatic carbocycles. The number of hydrogen-bond acceptors (Lipinski definition) is 5. The van der Waals surface area contributed by atoms with Gasteiger partial charge in [0.15, 0.2) is 11.5 Å². The zero-order valence-corrected chi connectivity index (χ0v) is 19.2. The van der Waals surface area contributed by atoms with E-state index in [-0.39, 0.29) is 6.03 Å². The molecule has 1 saturated heterocycles. The van der Waals surface area contributed by atoms with Crippen molar-refractivity contribution in [2.24, 2.45) is 0 Å². The Labute approximate surface area is 194 Å². The number of rotatable bonds is 7. The molecule has 1 aliphatic heterocycles. The highest BCUT2D eigenvalue weighted by molar-refractivity contribution is 5.99. The molecule has 172 valence electrons. The van der Waals surface area contributed by atoms with Gasteiger partial charge in [-0.2, -0.15) is 0 Å². The number of nitrogens with zero attached hydrogens (tertiary/aromatic N) is 2. The first kappa shape index (κ1) is 22.5. The Hall–Kier alpha value is -3.71. The summed E-state index contributed by atoms with van der Waals surface area (Å²) in [7, 11) is 5.86. The van der Waals surface area contributed by atoms with E-state index in [2.05, 4.69) is 46.7 Å². The largest absolute Gasteiger partial charge is 0.493 e. The summed E-state index contributed by atoms with van der Waals surface area (Å²) in [4.78, 5) is 17.1. The Balaban J connectivity index is 1.30. The third kappa shape index (κ3) is 5.75. The second kappa shape index (κ2) is 10.3. The van der Waals surface area contributed by atoms with Gasteiger partial charge >= 0.3 is 6.03 Å². The van der Waals surface area contributed by atoms with E-state index in [0.717, 1.165) is 25.2 Å². The van der Waals surface area contributed by atoms with Crippen molar-refractivity contribution in [3.05, 3.63) is 72.8 Å². The average molecular weight is 447 g/mol. The summed E-state index contributed by atoms with van der Waals surface area (Å²) in [5, 5.41) is 5.73. The third-order valence-electron chi connectivity index (χ3n) is 5.79. The molecule has 7 heteroatoms. The van der Waals surface area contributed by atoms with Gasteiger partial charge in [-0.3, -0.25) is 0 Å². The Morgan fingerprint density at radius 3 is 2.09 bits per heavy atom. The monoisotopic (exact) mass is 446 g/mol. The minimum atomic E-state index is -0.296. The van der Waals surface area contributed by atoms with Gasteiger partial charge in [0.25, 0.3) is 0 Å². The Kier molecular flexibility index (Phi) is 7.00. The van der Waals surface area contributed by atoms with Crippen LogP contribution in [0.15, 0.2) is 72.8 Å². The number of ether oxygens (including phenoxy) is 2. The summed E-state index contributed by atoms with van der Waals surface area (Å²) in [6, 6.07) is 22.9. The van der Waals surface area contributed by atoms with Gasteiger partial charge in [0.1, 0.15) is 5.75 Å². The normalized spacial score (nSPS) is 15.4. The van der Waals surface area contributed by atoms with Crippen molar-refractivity contribution in [1.29, 1.82) is 0 Å². The number of carbonyl (C=O) groups excluding carboxylic acids is 1. The Morgan fingerprint density at radius 2 is 1.52 bits per heavy atom. The van der Waals surface area contributed by atoms with E-state index in [0.29, 0.717) is 29.0 Å². The maximum Gasteiger partial charge on any atom is 0.323 e. The van der Waals surface area contributed by atoms with Gasteiger partial charge in [-0.15, -0.1) is 0 Å². The van der Waals surface area contributed by atoms with E-state index in [1.54, 1.807) is 31.4 Å². The molecule has 7 nitrogen and oxygen atoms in total. The van der Waals surface area contributed by atoms with Crippen molar-refractivity contribution in [3.8, 4) is 17.2 Å². The number of methoxy groups -OCH3 is 1. The highest BCUT2D eigenvalue weighted by Crippen LogP contribution is 2.31. The molecular formula is C26H30N4O3. The summed E-state index contributed by atoms with van der Waals surface area (Å²) in [6.07, 6.45) is 1.16. The average Bonchev–Trinajstić information content (AvgIpc) is 3.32. The minimum Gasteiger partial charge on any atom is -0.493 e. The lowest BCUT2D eigenvalue weighted by atomic mass is 10.2. The van der Waals surface area contributed by atoms with Crippen molar-refractivity contribution in [1.82, 2.24) is 4.90 Å². The molecule has 0 radical (unpaired) electrons. The number of carbonyl (C=O) groups is 1. The van der Waals surface area contributed by atoms with Gasteiger partial charge in [0.05, 0.1) is 7.11 Å². The van der Waals surface area contributed by atoms with Gasteiger partial charge in [-0.25, -0.2) is 4.79 Å². The molecule has 3 aromatic rings. The van der Waals surface area contributed by atoms with Crippen LogP contribution in [0.5, 0.6) is 17.2 Å². The van der Waals surface area contributed by atoms with Crippen molar-refractivity contribution in [2.75, 3.05) is 49.8 Å². The zero-order valence-electron chi connectivity index (χ0n) is 19.2. The first-order valence-electron chi connectivity index (χ1n) is 11.0. The fourth-order valence-electron chi connectivity index (χ4n) is 3.88. The SMILES string of the molecule is COc1ccccc1Oc1ccc(NC(=O)Nc2ccc(N3CCC(N(C)C)C3)cc2)cc1.